The van der Waals surface area contributed by atoms with Crippen LogP contribution in [0, 0.1) is 0 Å². The average Bonchev–Trinajstić information content (AvgIpc) is 3.16. The molecule has 0 atom stereocenters. The Balaban J connectivity index is 1.28. The van der Waals surface area contributed by atoms with E-state index in [1.165, 1.54) is 0 Å². The Morgan fingerprint density at radius 3 is 2.21 bits per heavy atom. The smallest absolute Gasteiger partial charge is 0.282 e. The highest BCUT2D eigenvalue weighted by Crippen LogP contribution is 2.16. The first kappa shape index (κ1) is 20.4. The monoisotopic (exact) mass is 420 g/mol. The van der Waals surface area contributed by atoms with Gasteiger partial charge in [-0.15, -0.1) is 0 Å². The third kappa shape index (κ3) is 5.01. The van der Waals surface area contributed by atoms with Crippen LogP contribution < -0.4 is 0 Å². The highest BCUT2D eigenvalue weighted by atomic mass is 32.2. The number of aromatic nitrogens is 2. The van der Waals surface area contributed by atoms with Gasteiger partial charge in [-0.2, -0.15) is 22.0 Å². The molecule has 4 rings (SSSR count). The zero-order valence-electron chi connectivity index (χ0n) is 16.8. The molecule has 2 aromatic rings. The van der Waals surface area contributed by atoms with Crippen molar-refractivity contribution in [1.82, 2.24) is 28.6 Å². The SMILES string of the molecule is CN1CCN(S(=O)(=O)N2CCN(Cc3nc(Cc4ccccc4)no3)CC2)CC1. The summed E-state index contributed by atoms with van der Waals surface area (Å²) >= 11 is 0. The topological polar surface area (TPSA) is 86.0 Å². The quantitative estimate of drug-likeness (QED) is 0.663. The van der Waals surface area contributed by atoms with Gasteiger partial charge in [-0.05, 0) is 12.6 Å². The molecule has 0 N–H and O–H groups in total. The Hall–Kier alpha value is -1.85. The van der Waals surface area contributed by atoms with E-state index in [4.69, 9.17) is 4.52 Å². The summed E-state index contributed by atoms with van der Waals surface area (Å²) in [7, 11) is -1.35. The largest absolute Gasteiger partial charge is 0.338 e. The molecule has 0 spiro atoms. The van der Waals surface area contributed by atoms with E-state index < -0.39 is 10.2 Å². The summed E-state index contributed by atoms with van der Waals surface area (Å²) in [5, 5.41) is 4.07. The van der Waals surface area contributed by atoms with Gasteiger partial charge in [0.05, 0.1) is 6.54 Å². The van der Waals surface area contributed by atoms with Crippen LogP contribution in [0.4, 0.5) is 0 Å². The summed E-state index contributed by atoms with van der Waals surface area (Å²) in [5.74, 6) is 1.24. The molecule has 29 heavy (non-hydrogen) atoms. The zero-order chi connectivity index (χ0) is 20.3. The van der Waals surface area contributed by atoms with Gasteiger partial charge in [0.1, 0.15) is 0 Å². The lowest BCUT2D eigenvalue weighted by Crippen LogP contribution is -2.56. The van der Waals surface area contributed by atoms with Gasteiger partial charge in [-0.25, -0.2) is 0 Å². The Kier molecular flexibility index (Phi) is 6.26. The van der Waals surface area contributed by atoms with Gasteiger partial charge in [-0.1, -0.05) is 35.5 Å². The maximum absolute atomic E-state index is 12.9. The fraction of sp³-hybridized carbons (Fsp3) is 0.579. The summed E-state index contributed by atoms with van der Waals surface area (Å²) in [6, 6.07) is 10.0. The maximum atomic E-state index is 12.9. The Morgan fingerprint density at radius 2 is 1.55 bits per heavy atom. The predicted molar refractivity (Wildman–Crippen MR) is 108 cm³/mol. The van der Waals surface area contributed by atoms with Gasteiger partial charge in [0, 0.05) is 58.8 Å². The molecule has 0 aliphatic carbocycles. The van der Waals surface area contributed by atoms with Crippen molar-refractivity contribution in [3.8, 4) is 0 Å². The van der Waals surface area contributed by atoms with Crippen LogP contribution in [-0.4, -0.2) is 96.4 Å². The summed E-state index contributed by atoms with van der Waals surface area (Å²) < 4.78 is 34.3. The molecule has 0 bridgehead atoms. The number of piperazine rings is 2. The number of hydrogen-bond donors (Lipinski definition) is 0. The number of likely N-dealkylation sites (N-methyl/N-ethyl adjacent to an activating group) is 1. The fourth-order valence-corrected chi connectivity index (χ4v) is 5.27. The molecule has 3 heterocycles. The van der Waals surface area contributed by atoms with Crippen LogP contribution in [0.15, 0.2) is 34.9 Å². The minimum Gasteiger partial charge on any atom is -0.338 e. The Labute approximate surface area is 172 Å². The van der Waals surface area contributed by atoms with Crippen molar-refractivity contribution in [2.75, 3.05) is 59.4 Å². The first-order valence-corrected chi connectivity index (χ1v) is 11.4. The lowest BCUT2D eigenvalue weighted by molar-refractivity contribution is 0.152. The first-order valence-electron chi connectivity index (χ1n) is 10.0. The van der Waals surface area contributed by atoms with Crippen LogP contribution >= 0.6 is 0 Å². The van der Waals surface area contributed by atoms with Gasteiger partial charge >= 0.3 is 0 Å². The molecule has 2 saturated heterocycles. The van der Waals surface area contributed by atoms with Crippen molar-refractivity contribution in [3.63, 3.8) is 0 Å². The van der Waals surface area contributed by atoms with Gasteiger partial charge in [0.2, 0.25) is 5.89 Å². The molecule has 0 unspecified atom stereocenters. The number of rotatable bonds is 6. The molecule has 2 fully saturated rings. The van der Waals surface area contributed by atoms with E-state index in [2.05, 4.69) is 19.9 Å². The molecule has 0 radical (unpaired) electrons. The van der Waals surface area contributed by atoms with E-state index >= 15 is 0 Å². The summed E-state index contributed by atoms with van der Waals surface area (Å²) in [6.07, 6.45) is 0.640. The molecule has 1 aromatic carbocycles. The third-order valence-electron chi connectivity index (χ3n) is 5.52. The summed E-state index contributed by atoms with van der Waals surface area (Å²) in [6.45, 7) is 5.51. The van der Waals surface area contributed by atoms with Gasteiger partial charge < -0.3 is 9.42 Å². The second-order valence-corrected chi connectivity index (χ2v) is 9.58. The molecule has 2 aliphatic heterocycles. The molecule has 2 aliphatic rings. The number of nitrogens with zero attached hydrogens (tertiary/aromatic N) is 6. The van der Waals surface area contributed by atoms with E-state index in [0.29, 0.717) is 63.9 Å². The summed E-state index contributed by atoms with van der Waals surface area (Å²) in [4.78, 5) is 8.80. The normalized spacial score (nSPS) is 20.9. The van der Waals surface area contributed by atoms with Crippen molar-refractivity contribution in [2.24, 2.45) is 0 Å². The molecule has 0 amide bonds. The van der Waals surface area contributed by atoms with E-state index in [0.717, 1.165) is 18.7 Å². The molecule has 158 valence electrons. The van der Waals surface area contributed by atoms with Gasteiger partial charge in [-0.3, -0.25) is 4.90 Å². The van der Waals surface area contributed by atoms with Gasteiger partial charge in [0.25, 0.3) is 10.2 Å². The molecule has 0 saturated carbocycles. The third-order valence-corrected chi connectivity index (χ3v) is 7.56. The Bertz CT molecular complexity index is 888. The van der Waals surface area contributed by atoms with E-state index in [-0.39, 0.29) is 0 Å². The van der Waals surface area contributed by atoms with Crippen LogP contribution in [0.1, 0.15) is 17.3 Å². The van der Waals surface area contributed by atoms with Crippen molar-refractivity contribution < 1.29 is 12.9 Å². The highest BCUT2D eigenvalue weighted by molar-refractivity contribution is 7.86. The van der Waals surface area contributed by atoms with Gasteiger partial charge in [0.15, 0.2) is 5.82 Å². The van der Waals surface area contributed by atoms with E-state index in [1.807, 2.05) is 37.4 Å². The number of benzene rings is 1. The van der Waals surface area contributed by atoms with Crippen LogP contribution in [-0.2, 0) is 23.2 Å². The summed E-state index contributed by atoms with van der Waals surface area (Å²) in [5.41, 5.74) is 1.14. The van der Waals surface area contributed by atoms with Crippen molar-refractivity contribution >= 4 is 10.2 Å². The fourth-order valence-electron chi connectivity index (χ4n) is 3.70. The predicted octanol–water partition coefficient (Wildman–Crippen LogP) is 0.270. The molecule has 9 nitrogen and oxygen atoms in total. The second kappa shape index (κ2) is 8.88. The van der Waals surface area contributed by atoms with Crippen LogP contribution in [0.5, 0.6) is 0 Å². The molecular formula is C19H28N6O3S. The number of hydrogen-bond acceptors (Lipinski definition) is 7. The van der Waals surface area contributed by atoms with Crippen LogP contribution in [0.25, 0.3) is 0 Å². The van der Waals surface area contributed by atoms with Crippen molar-refractivity contribution in [2.45, 2.75) is 13.0 Å². The lowest BCUT2D eigenvalue weighted by atomic mass is 10.1. The van der Waals surface area contributed by atoms with Crippen molar-refractivity contribution in [1.29, 1.82) is 0 Å². The van der Waals surface area contributed by atoms with E-state index in [1.54, 1.807) is 8.61 Å². The highest BCUT2D eigenvalue weighted by Gasteiger charge is 2.34. The molecule has 1 aromatic heterocycles. The molecule has 10 heteroatoms. The maximum Gasteiger partial charge on any atom is 0.282 e. The van der Waals surface area contributed by atoms with Crippen molar-refractivity contribution in [3.05, 3.63) is 47.6 Å². The Morgan fingerprint density at radius 1 is 0.931 bits per heavy atom. The minimum atomic E-state index is -3.37. The minimum absolute atomic E-state index is 0.486. The molecular weight excluding hydrogens is 392 g/mol. The first-order chi connectivity index (χ1) is 14.0. The second-order valence-electron chi connectivity index (χ2n) is 7.65. The van der Waals surface area contributed by atoms with E-state index in [9.17, 15) is 8.42 Å². The zero-order valence-corrected chi connectivity index (χ0v) is 17.6. The average molecular weight is 421 g/mol. The standard InChI is InChI=1S/C19H28N6O3S/c1-22-7-11-24(12-8-22)29(26,27)25-13-9-23(10-14-25)16-19-20-18(21-28-19)15-17-5-3-2-4-6-17/h2-6H,7-16H2,1H3. The lowest BCUT2D eigenvalue weighted by Gasteiger charge is -2.38. The van der Waals surface area contributed by atoms with Crippen LogP contribution in [0.3, 0.4) is 0 Å². The van der Waals surface area contributed by atoms with Crippen LogP contribution in [0.2, 0.25) is 0 Å².